The Kier molecular flexibility index (Phi) is 2.11. The highest BCUT2D eigenvalue weighted by molar-refractivity contribution is 6.59. The average molecular weight is 142 g/mol. The molecule has 10 heavy (non-hydrogen) atoms. The van der Waals surface area contributed by atoms with Crippen LogP contribution in [0.5, 0.6) is 0 Å². The molecule has 0 bridgehead atoms. The van der Waals surface area contributed by atoms with Gasteiger partial charge in [-0.25, -0.2) is 0 Å². The van der Waals surface area contributed by atoms with E-state index in [0.29, 0.717) is 0 Å². The smallest absolute Gasteiger partial charge is 0.467 e. The average Bonchev–Trinajstić information content (AvgIpc) is 2.33. The molecule has 3 N–H and O–H groups in total. The summed E-state index contributed by atoms with van der Waals surface area (Å²) in [5.41, 5.74) is 0.211. The summed E-state index contributed by atoms with van der Waals surface area (Å²) in [7, 11) is -1.57. The lowest BCUT2D eigenvalue weighted by Crippen LogP contribution is -2.31. The summed E-state index contributed by atoms with van der Waals surface area (Å²) >= 11 is 0. The van der Waals surface area contributed by atoms with E-state index in [2.05, 4.69) is 0 Å². The zero-order chi connectivity index (χ0) is 7.56. The fourth-order valence-electron chi connectivity index (χ4n) is 0.709. The summed E-state index contributed by atoms with van der Waals surface area (Å²) in [4.78, 5) is 0. The molecule has 54 valence electrons. The minimum absolute atomic E-state index is 0.190. The highest BCUT2D eigenvalue weighted by atomic mass is 16.4. The minimum Gasteiger partial charge on any atom is -0.467 e. The molecule has 0 aromatic carbocycles. The quantitative estimate of drug-likeness (QED) is 0.437. The van der Waals surface area contributed by atoms with E-state index in [1.807, 2.05) is 0 Å². The summed E-state index contributed by atoms with van der Waals surface area (Å²) in [6.45, 7) is -0.319. The molecular weight excluding hydrogens is 135 g/mol. The molecule has 1 aromatic heterocycles. The van der Waals surface area contributed by atoms with Gasteiger partial charge in [-0.15, -0.1) is 0 Å². The number of aliphatic hydroxyl groups excluding tert-OH is 1. The Morgan fingerprint density at radius 2 is 2.20 bits per heavy atom. The molecule has 0 aliphatic rings. The molecule has 1 aromatic rings. The van der Waals surface area contributed by atoms with E-state index < -0.39 is 7.12 Å². The zero-order valence-electron chi connectivity index (χ0n) is 5.19. The van der Waals surface area contributed by atoms with Gasteiger partial charge in [0.25, 0.3) is 0 Å². The van der Waals surface area contributed by atoms with E-state index in [-0.39, 0.29) is 17.8 Å². The molecule has 0 saturated carbocycles. The van der Waals surface area contributed by atoms with Gasteiger partial charge in [-0.05, 0) is 6.07 Å². The monoisotopic (exact) mass is 142 g/mol. The Balaban J connectivity index is 2.90. The van der Waals surface area contributed by atoms with Crippen LogP contribution in [0.2, 0.25) is 0 Å². The number of furan rings is 1. The molecule has 0 amide bonds. The van der Waals surface area contributed by atoms with Crippen LogP contribution in [0.3, 0.4) is 0 Å². The molecule has 0 fully saturated rings. The van der Waals surface area contributed by atoms with Gasteiger partial charge in [0, 0.05) is 5.46 Å². The lowest BCUT2D eigenvalue weighted by Gasteiger charge is -1.94. The Labute approximate surface area is 57.9 Å². The largest absolute Gasteiger partial charge is 0.492 e. The van der Waals surface area contributed by atoms with Crippen LogP contribution < -0.4 is 5.46 Å². The van der Waals surface area contributed by atoms with E-state index in [1.54, 1.807) is 0 Å². The zero-order valence-corrected chi connectivity index (χ0v) is 5.19. The standard InChI is InChI=1S/C5H7BO4/c7-3-5-4(6(8)9)1-2-10-5/h1-2,7-9H,3H2. The van der Waals surface area contributed by atoms with Crippen molar-refractivity contribution in [2.45, 2.75) is 6.61 Å². The third kappa shape index (κ3) is 1.21. The predicted octanol–water partition coefficient (Wildman–Crippen LogP) is -1.55. The summed E-state index contributed by atoms with van der Waals surface area (Å²) in [5.74, 6) is 0.190. The van der Waals surface area contributed by atoms with E-state index >= 15 is 0 Å². The maximum atomic E-state index is 8.61. The third-order valence-electron chi connectivity index (χ3n) is 1.20. The van der Waals surface area contributed by atoms with Crippen molar-refractivity contribution < 1.29 is 19.6 Å². The van der Waals surface area contributed by atoms with Crippen LogP contribution in [0, 0.1) is 0 Å². The van der Waals surface area contributed by atoms with Crippen LogP contribution in [0.1, 0.15) is 5.76 Å². The van der Waals surface area contributed by atoms with Gasteiger partial charge < -0.3 is 19.6 Å². The first-order chi connectivity index (χ1) is 4.75. The summed E-state index contributed by atoms with van der Waals surface area (Å²) < 4.78 is 4.71. The normalized spacial score (nSPS) is 9.90. The van der Waals surface area contributed by atoms with Crippen molar-refractivity contribution in [3.05, 3.63) is 18.1 Å². The maximum Gasteiger partial charge on any atom is 0.492 e. The van der Waals surface area contributed by atoms with E-state index in [0.717, 1.165) is 0 Å². The number of aliphatic hydroxyl groups is 1. The van der Waals surface area contributed by atoms with Crippen LogP contribution in [0.25, 0.3) is 0 Å². The Hall–Kier alpha value is -0.775. The van der Waals surface area contributed by atoms with Gasteiger partial charge in [-0.2, -0.15) is 0 Å². The second kappa shape index (κ2) is 2.87. The summed E-state index contributed by atoms with van der Waals surface area (Å²) in [6.07, 6.45) is 1.29. The van der Waals surface area contributed by atoms with Crippen molar-refractivity contribution in [1.82, 2.24) is 0 Å². The van der Waals surface area contributed by atoms with Gasteiger partial charge in [-0.3, -0.25) is 0 Å². The third-order valence-corrected chi connectivity index (χ3v) is 1.20. The van der Waals surface area contributed by atoms with Gasteiger partial charge in [0.15, 0.2) is 0 Å². The predicted molar refractivity (Wildman–Crippen MR) is 34.5 cm³/mol. The molecule has 0 aliphatic carbocycles. The highest BCUT2D eigenvalue weighted by Crippen LogP contribution is 1.96. The van der Waals surface area contributed by atoms with Gasteiger partial charge in [-0.1, -0.05) is 0 Å². The Morgan fingerprint density at radius 3 is 2.60 bits per heavy atom. The number of hydrogen-bond donors (Lipinski definition) is 3. The van der Waals surface area contributed by atoms with Crippen LogP contribution >= 0.6 is 0 Å². The van der Waals surface area contributed by atoms with Gasteiger partial charge in [0.1, 0.15) is 12.4 Å². The number of hydrogen-bond acceptors (Lipinski definition) is 4. The molecule has 0 atom stereocenters. The topological polar surface area (TPSA) is 73.8 Å². The van der Waals surface area contributed by atoms with E-state index in [1.165, 1.54) is 12.3 Å². The van der Waals surface area contributed by atoms with Crippen LogP contribution in [-0.2, 0) is 6.61 Å². The second-order valence-corrected chi connectivity index (χ2v) is 1.83. The molecule has 0 radical (unpaired) electrons. The van der Waals surface area contributed by atoms with Gasteiger partial charge in [0.05, 0.1) is 6.26 Å². The molecule has 0 spiro atoms. The van der Waals surface area contributed by atoms with E-state index in [4.69, 9.17) is 19.6 Å². The van der Waals surface area contributed by atoms with Crippen LogP contribution in [0.4, 0.5) is 0 Å². The molecule has 0 aliphatic heterocycles. The molecule has 0 saturated heterocycles. The summed E-state index contributed by atoms with van der Waals surface area (Å²) in [5, 5.41) is 25.8. The highest BCUT2D eigenvalue weighted by Gasteiger charge is 2.17. The van der Waals surface area contributed by atoms with Crippen molar-refractivity contribution in [2.24, 2.45) is 0 Å². The molecule has 1 rings (SSSR count). The lowest BCUT2D eigenvalue weighted by molar-refractivity contribution is 0.248. The van der Waals surface area contributed by atoms with Crippen molar-refractivity contribution in [3.8, 4) is 0 Å². The Morgan fingerprint density at radius 1 is 1.50 bits per heavy atom. The molecule has 1 heterocycles. The fourth-order valence-corrected chi connectivity index (χ4v) is 0.709. The van der Waals surface area contributed by atoms with Crippen molar-refractivity contribution in [1.29, 1.82) is 0 Å². The van der Waals surface area contributed by atoms with Crippen molar-refractivity contribution >= 4 is 12.6 Å². The van der Waals surface area contributed by atoms with Crippen molar-refractivity contribution in [3.63, 3.8) is 0 Å². The SMILES string of the molecule is OCc1occc1B(O)O. The van der Waals surface area contributed by atoms with Crippen LogP contribution in [0.15, 0.2) is 16.7 Å². The first-order valence-corrected chi connectivity index (χ1v) is 2.79. The van der Waals surface area contributed by atoms with Crippen LogP contribution in [-0.4, -0.2) is 22.3 Å². The van der Waals surface area contributed by atoms with E-state index in [9.17, 15) is 0 Å². The molecule has 5 heteroatoms. The summed E-state index contributed by atoms with van der Waals surface area (Å²) in [6, 6.07) is 1.40. The fraction of sp³-hybridized carbons (Fsp3) is 0.200. The lowest BCUT2D eigenvalue weighted by atomic mass is 9.80. The Bertz CT molecular complexity index is 207. The first kappa shape index (κ1) is 7.33. The van der Waals surface area contributed by atoms with Gasteiger partial charge >= 0.3 is 7.12 Å². The minimum atomic E-state index is -1.57. The molecule has 0 unspecified atom stereocenters. The first-order valence-electron chi connectivity index (χ1n) is 2.79. The number of rotatable bonds is 2. The van der Waals surface area contributed by atoms with Crippen molar-refractivity contribution in [2.75, 3.05) is 0 Å². The molecular formula is C5H7BO4. The molecule has 4 nitrogen and oxygen atoms in total. The van der Waals surface area contributed by atoms with Gasteiger partial charge in [0.2, 0.25) is 0 Å². The maximum absolute atomic E-state index is 8.61. The second-order valence-electron chi connectivity index (χ2n) is 1.83.